The normalized spacial score (nSPS) is 27.2. The maximum absolute atomic E-state index is 11.1. The highest BCUT2D eigenvalue weighted by Gasteiger charge is 2.65. The molecule has 1 amide bonds. The maximum atomic E-state index is 11.1. The molecule has 29 heavy (non-hydrogen) atoms. The molecule has 2 heterocycles. The molecule has 3 N–H and O–H groups in total. The molecular weight excluding hydrogens is 370 g/mol. The van der Waals surface area contributed by atoms with E-state index in [0.717, 1.165) is 24.0 Å². The van der Waals surface area contributed by atoms with Gasteiger partial charge in [-0.25, -0.2) is 4.79 Å². The van der Waals surface area contributed by atoms with Crippen molar-refractivity contribution in [1.29, 1.82) is 0 Å². The molecular formula is C22H27N3O4. The van der Waals surface area contributed by atoms with E-state index in [1.807, 2.05) is 30.5 Å². The second-order valence-electron chi connectivity index (χ2n) is 8.68. The number of hydrogen-bond donors (Lipinski definition) is 2. The lowest BCUT2D eigenvalue weighted by molar-refractivity contribution is -0.138. The third kappa shape index (κ3) is 4.55. The van der Waals surface area contributed by atoms with Crippen LogP contribution in [0.15, 0.2) is 49.1 Å². The van der Waals surface area contributed by atoms with Crippen molar-refractivity contribution in [3.63, 3.8) is 0 Å². The topological polar surface area (TPSA) is 115 Å². The molecule has 0 spiro atoms. The third-order valence-corrected chi connectivity index (χ3v) is 5.77. The highest BCUT2D eigenvalue weighted by Crippen LogP contribution is 2.62. The van der Waals surface area contributed by atoms with E-state index in [1.54, 1.807) is 18.6 Å². The number of hydrogen-bond acceptors (Lipinski definition) is 5. The zero-order valence-corrected chi connectivity index (χ0v) is 16.9. The van der Waals surface area contributed by atoms with Gasteiger partial charge in [0.05, 0.1) is 5.92 Å². The lowest BCUT2D eigenvalue weighted by Gasteiger charge is -2.31. The number of pyridine rings is 2. The van der Waals surface area contributed by atoms with Crippen LogP contribution in [0.4, 0.5) is 4.79 Å². The number of carboxylic acid groups (broad SMARTS) is 1. The minimum absolute atomic E-state index is 0.136. The molecule has 2 aliphatic carbocycles. The fourth-order valence-electron chi connectivity index (χ4n) is 3.92. The van der Waals surface area contributed by atoms with Gasteiger partial charge in [0.25, 0.3) is 0 Å². The Morgan fingerprint density at radius 1 is 1.14 bits per heavy atom. The summed E-state index contributed by atoms with van der Waals surface area (Å²) in [5.41, 5.74) is 6.70. The highest BCUT2D eigenvalue weighted by molar-refractivity contribution is 5.75. The van der Waals surface area contributed by atoms with Gasteiger partial charge in [0, 0.05) is 36.1 Å². The summed E-state index contributed by atoms with van der Waals surface area (Å²) in [6, 6.07) is 7.67. The van der Waals surface area contributed by atoms with Crippen molar-refractivity contribution in [3.05, 3.63) is 60.2 Å². The second kappa shape index (κ2) is 7.81. The van der Waals surface area contributed by atoms with Crippen LogP contribution in [0.5, 0.6) is 0 Å². The van der Waals surface area contributed by atoms with Crippen LogP contribution in [0.3, 0.4) is 0 Å². The smallest absolute Gasteiger partial charge is 0.405 e. The summed E-state index contributed by atoms with van der Waals surface area (Å²) < 4.78 is 5.39. The average molecular weight is 397 g/mol. The van der Waals surface area contributed by atoms with E-state index in [4.69, 9.17) is 15.6 Å². The van der Waals surface area contributed by atoms with Crippen molar-refractivity contribution in [3.8, 4) is 0 Å². The number of carboxylic acids is 1. The summed E-state index contributed by atoms with van der Waals surface area (Å²) in [6.07, 6.45) is 7.87. The Hall–Kier alpha value is -2.96. The predicted octanol–water partition coefficient (Wildman–Crippen LogP) is 3.72. The SMILES string of the molecule is CC(C)(C)C1(OC(N)=O)CC1c1cccnc1.O=C(O)C1CC1c1cccnc1. The van der Waals surface area contributed by atoms with Gasteiger partial charge in [-0.1, -0.05) is 32.9 Å². The largest absolute Gasteiger partial charge is 0.481 e. The quantitative estimate of drug-likeness (QED) is 0.812. The second-order valence-corrected chi connectivity index (χ2v) is 8.68. The van der Waals surface area contributed by atoms with Gasteiger partial charge in [-0.2, -0.15) is 0 Å². The molecule has 2 aliphatic rings. The molecule has 2 saturated carbocycles. The summed E-state index contributed by atoms with van der Waals surface area (Å²) in [5.74, 6) is -0.460. The van der Waals surface area contributed by atoms with Crippen LogP contribution in [-0.2, 0) is 9.53 Å². The van der Waals surface area contributed by atoms with Crippen molar-refractivity contribution >= 4 is 12.1 Å². The Morgan fingerprint density at radius 3 is 2.14 bits per heavy atom. The van der Waals surface area contributed by atoms with E-state index in [1.165, 1.54) is 0 Å². The Balaban J connectivity index is 0.000000176. The molecule has 0 aliphatic heterocycles. The first-order valence-corrected chi connectivity index (χ1v) is 9.67. The first-order chi connectivity index (χ1) is 13.7. The van der Waals surface area contributed by atoms with Crippen LogP contribution in [0, 0.1) is 11.3 Å². The minimum Gasteiger partial charge on any atom is -0.481 e. The number of carbonyl (C=O) groups is 2. The van der Waals surface area contributed by atoms with Crippen molar-refractivity contribution < 1.29 is 19.4 Å². The van der Waals surface area contributed by atoms with E-state index in [9.17, 15) is 9.59 Å². The molecule has 4 unspecified atom stereocenters. The fraction of sp³-hybridized carbons (Fsp3) is 0.455. The zero-order chi connectivity index (χ0) is 21.2. The number of nitrogens with zero attached hydrogens (tertiary/aromatic N) is 2. The monoisotopic (exact) mass is 397 g/mol. The molecule has 7 heteroatoms. The van der Waals surface area contributed by atoms with E-state index in [-0.39, 0.29) is 23.2 Å². The first kappa shape index (κ1) is 20.8. The number of aliphatic carboxylic acids is 1. The molecule has 154 valence electrons. The molecule has 2 aromatic heterocycles. The van der Waals surface area contributed by atoms with Crippen LogP contribution >= 0.6 is 0 Å². The molecule has 4 atom stereocenters. The van der Waals surface area contributed by atoms with E-state index >= 15 is 0 Å². The van der Waals surface area contributed by atoms with Gasteiger partial charge < -0.3 is 15.6 Å². The Kier molecular flexibility index (Phi) is 5.59. The van der Waals surface area contributed by atoms with Crippen LogP contribution in [0.2, 0.25) is 0 Å². The molecule has 4 rings (SSSR count). The Labute approximate surface area is 170 Å². The van der Waals surface area contributed by atoms with Gasteiger partial charge in [-0.15, -0.1) is 0 Å². The first-order valence-electron chi connectivity index (χ1n) is 9.67. The van der Waals surface area contributed by atoms with E-state index in [2.05, 4.69) is 30.7 Å². The van der Waals surface area contributed by atoms with Gasteiger partial charge >= 0.3 is 12.1 Å². The molecule has 2 aromatic rings. The summed E-state index contributed by atoms with van der Waals surface area (Å²) in [5, 5.41) is 8.66. The lowest BCUT2D eigenvalue weighted by atomic mass is 9.84. The third-order valence-electron chi connectivity index (χ3n) is 5.77. The van der Waals surface area contributed by atoms with Crippen molar-refractivity contribution in [2.75, 3.05) is 0 Å². The van der Waals surface area contributed by atoms with Crippen molar-refractivity contribution in [2.24, 2.45) is 17.1 Å². The predicted molar refractivity (Wildman–Crippen MR) is 107 cm³/mol. The minimum atomic E-state index is -0.702. The molecule has 2 fully saturated rings. The number of aromatic nitrogens is 2. The van der Waals surface area contributed by atoms with Crippen LogP contribution in [0.25, 0.3) is 0 Å². The fourth-order valence-corrected chi connectivity index (χ4v) is 3.92. The van der Waals surface area contributed by atoms with Gasteiger partial charge in [-0.05, 0) is 42.0 Å². The van der Waals surface area contributed by atoms with Gasteiger partial charge in [0.1, 0.15) is 5.60 Å². The van der Waals surface area contributed by atoms with E-state index < -0.39 is 17.7 Å². The Bertz CT molecular complexity index is 867. The van der Waals surface area contributed by atoms with Gasteiger partial charge in [0.15, 0.2) is 0 Å². The molecule has 0 radical (unpaired) electrons. The van der Waals surface area contributed by atoms with Crippen LogP contribution < -0.4 is 5.73 Å². The average Bonchev–Trinajstić information content (AvgIpc) is 3.57. The van der Waals surface area contributed by atoms with E-state index in [0.29, 0.717) is 0 Å². The van der Waals surface area contributed by atoms with Crippen molar-refractivity contribution in [2.45, 2.75) is 51.0 Å². The molecule has 0 saturated heterocycles. The molecule has 7 nitrogen and oxygen atoms in total. The summed E-state index contributed by atoms with van der Waals surface area (Å²) in [7, 11) is 0. The Morgan fingerprint density at radius 2 is 1.72 bits per heavy atom. The summed E-state index contributed by atoms with van der Waals surface area (Å²) >= 11 is 0. The number of primary amides is 1. The maximum Gasteiger partial charge on any atom is 0.405 e. The highest BCUT2D eigenvalue weighted by atomic mass is 16.6. The number of rotatable bonds is 4. The summed E-state index contributed by atoms with van der Waals surface area (Å²) in [6.45, 7) is 6.19. The van der Waals surface area contributed by atoms with Gasteiger partial charge in [0.2, 0.25) is 0 Å². The van der Waals surface area contributed by atoms with Crippen LogP contribution in [0.1, 0.15) is 56.6 Å². The zero-order valence-electron chi connectivity index (χ0n) is 16.9. The standard InChI is InChI=1S/C13H18N2O2.C9H9NO2/c1-12(2,3)13(17-11(14)16)7-10(13)9-5-4-6-15-8-9;11-9(12)8-4-7(8)6-2-1-3-10-5-6/h4-6,8,10H,7H2,1-3H3,(H2,14,16);1-3,5,7-8H,4H2,(H,11,12). The van der Waals surface area contributed by atoms with Crippen LogP contribution in [-0.4, -0.2) is 32.7 Å². The number of carbonyl (C=O) groups excluding carboxylic acids is 1. The number of nitrogens with two attached hydrogens (primary N) is 1. The number of amides is 1. The number of ether oxygens (including phenoxy) is 1. The summed E-state index contributed by atoms with van der Waals surface area (Å²) in [4.78, 5) is 29.6. The van der Waals surface area contributed by atoms with Crippen molar-refractivity contribution in [1.82, 2.24) is 9.97 Å². The van der Waals surface area contributed by atoms with Gasteiger partial charge in [-0.3, -0.25) is 14.8 Å². The lowest BCUT2D eigenvalue weighted by Crippen LogP contribution is -2.37. The molecule has 0 bridgehead atoms. The molecule has 0 aromatic carbocycles.